The predicted molar refractivity (Wildman–Crippen MR) is 169 cm³/mol. The third-order valence-electron chi connectivity index (χ3n) is 9.24. The molecule has 3 nitrogen and oxygen atoms in total. The number of ketones is 1. The maximum absolute atomic E-state index is 12.3. The summed E-state index contributed by atoms with van der Waals surface area (Å²) in [5, 5.41) is 0.187. The molecule has 0 aromatic heterocycles. The van der Waals surface area contributed by atoms with Crippen LogP contribution < -0.4 is 0 Å². The second kappa shape index (κ2) is 16.6. The first kappa shape index (κ1) is 36.5. The van der Waals surface area contributed by atoms with Gasteiger partial charge >= 0.3 is 0 Å². The quantitative estimate of drug-likeness (QED) is 0.118. The Morgan fingerprint density at radius 3 is 1.84 bits per heavy atom. The van der Waals surface area contributed by atoms with E-state index in [4.69, 9.17) is 8.85 Å². The Morgan fingerprint density at radius 1 is 0.892 bits per heavy atom. The highest BCUT2D eigenvalue weighted by atomic mass is 28.4. The highest BCUT2D eigenvalue weighted by Gasteiger charge is 2.39. The van der Waals surface area contributed by atoms with Crippen molar-refractivity contribution in [3.05, 3.63) is 24.3 Å². The van der Waals surface area contributed by atoms with Gasteiger partial charge < -0.3 is 8.85 Å². The average Bonchev–Trinajstić information content (AvgIpc) is 2.81. The molecule has 0 spiro atoms. The lowest BCUT2D eigenvalue weighted by atomic mass is 9.87. The summed E-state index contributed by atoms with van der Waals surface area (Å²) in [6.45, 7) is 33.2. The van der Waals surface area contributed by atoms with Gasteiger partial charge in [-0.3, -0.25) is 4.79 Å². The van der Waals surface area contributed by atoms with Crippen molar-refractivity contribution < 1.29 is 13.6 Å². The molecule has 0 aromatic carbocycles. The van der Waals surface area contributed by atoms with Crippen LogP contribution >= 0.6 is 0 Å². The summed E-state index contributed by atoms with van der Waals surface area (Å²) in [5.41, 5.74) is 1.28. The highest BCUT2D eigenvalue weighted by molar-refractivity contribution is 6.74. The zero-order chi connectivity index (χ0) is 29.0. The van der Waals surface area contributed by atoms with Crippen LogP contribution in [-0.2, 0) is 13.6 Å². The van der Waals surface area contributed by atoms with Crippen LogP contribution in [0, 0.1) is 17.8 Å². The number of Topliss-reactive ketones (excluding diaryl/α,β-unsaturated/α-hetero) is 1. The van der Waals surface area contributed by atoms with Crippen LogP contribution in [-0.4, -0.2) is 34.6 Å². The first-order valence-corrected chi connectivity index (χ1v) is 20.6. The van der Waals surface area contributed by atoms with Crippen molar-refractivity contribution in [1.82, 2.24) is 0 Å². The minimum absolute atomic E-state index is 0.0278. The van der Waals surface area contributed by atoms with E-state index >= 15 is 0 Å². The van der Waals surface area contributed by atoms with Gasteiger partial charge in [-0.05, 0) is 87.1 Å². The summed E-state index contributed by atoms with van der Waals surface area (Å²) in [5.74, 6) is 1.37. The molecule has 0 saturated heterocycles. The van der Waals surface area contributed by atoms with E-state index in [9.17, 15) is 4.79 Å². The van der Waals surface area contributed by atoms with Gasteiger partial charge in [0.15, 0.2) is 16.6 Å². The highest BCUT2D eigenvalue weighted by Crippen LogP contribution is 2.39. The molecule has 0 saturated carbocycles. The number of hydrogen-bond acceptors (Lipinski definition) is 3. The molecule has 5 heteroatoms. The number of allylic oxidation sites excluding steroid dienone is 2. The van der Waals surface area contributed by atoms with E-state index in [1.54, 1.807) is 6.92 Å². The smallest absolute Gasteiger partial charge is 0.192 e. The predicted octanol–water partition coefficient (Wildman–Crippen LogP) is 10.3. The van der Waals surface area contributed by atoms with Crippen LogP contribution in [0.2, 0.25) is 36.3 Å². The zero-order valence-electron chi connectivity index (χ0n) is 27.1. The molecule has 0 aliphatic rings. The number of rotatable bonds is 19. The molecule has 0 radical (unpaired) electrons. The maximum Gasteiger partial charge on any atom is 0.192 e. The second-order valence-electron chi connectivity index (χ2n) is 13.3. The molecule has 0 heterocycles. The third-order valence-corrected chi connectivity index (χ3v) is 18.4. The standard InChI is InChI=1S/C32H64O3Si2/c1-15-29(16-2)24-30(34-36(13,14)32(10,11)12)23-26(7)22-25(6)20-21-31(27(8)28(9)33)35-37(17-3,18-4)19-5/h15,24-27,30-31H,1,16-23H2,2-14H3/b29-24-/t25-,26+,27+,30?,31-/m0/s1. The fourth-order valence-corrected chi connectivity index (χ4v) is 9.25. The topological polar surface area (TPSA) is 35.5 Å². The lowest BCUT2D eigenvalue weighted by Gasteiger charge is -2.39. The van der Waals surface area contributed by atoms with Gasteiger partial charge in [0.05, 0.1) is 12.2 Å². The van der Waals surface area contributed by atoms with E-state index in [1.165, 1.54) is 12.0 Å². The maximum atomic E-state index is 12.3. The largest absolute Gasteiger partial charge is 0.413 e. The van der Waals surface area contributed by atoms with E-state index < -0.39 is 16.6 Å². The van der Waals surface area contributed by atoms with Crippen molar-refractivity contribution in [2.24, 2.45) is 17.8 Å². The molecule has 1 unspecified atom stereocenters. The SMILES string of the molecule is C=C/C(=C/C(C[C@H](C)C[C@@H](C)CC[C@H](O[Si](CC)(CC)CC)[C@H](C)C(C)=O)O[Si](C)(C)C(C)(C)C)CC. The minimum Gasteiger partial charge on any atom is -0.413 e. The lowest BCUT2D eigenvalue weighted by molar-refractivity contribution is -0.123. The number of hydrogen-bond donors (Lipinski definition) is 0. The van der Waals surface area contributed by atoms with Crippen molar-refractivity contribution >= 4 is 22.4 Å². The Labute approximate surface area is 234 Å². The molecular formula is C32H64O3Si2. The Hall–Kier alpha value is -0.496. The molecule has 0 aromatic rings. The van der Waals surface area contributed by atoms with Gasteiger partial charge in [-0.25, -0.2) is 0 Å². The van der Waals surface area contributed by atoms with Crippen LogP contribution in [0.5, 0.6) is 0 Å². The van der Waals surface area contributed by atoms with Crippen molar-refractivity contribution in [3.63, 3.8) is 0 Å². The molecular weight excluding hydrogens is 489 g/mol. The Morgan fingerprint density at radius 2 is 1.43 bits per heavy atom. The van der Waals surface area contributed by atoms with E-state index in [2.05, 4.69) is 95.0 Å². The van der Waals surface area contributed by atoms with Crippen molar-refractivity contribution in [1.29, 1.82) is 0 Å². The van der Waals surface area contributed by atoms with Gasteiger partial charge in [0, 0.05) is 5.92 Å². The fraction of sp³-hybridized carbons (Fsp3) is 0.844. The number of carbonyl (C=O) groups excluding carboxylic acids is 1. The monoisotopic (exact) mass is 552 g/mol. The van der Waals surface area contributed by atoms with Crippen molar-refractivity contribution in [2.75, 3.05) is 0 Å². The second-order valence-corrected chi connectivity index (χ2v) is 22.8. The van der Waals surface area contributed by atoms with Crippen LogP contribution in [0.1, 0.15) is 108 Å². The van der Waals surface area contributed by atoms with Crippen LogP contribution in [0.3, 0.4) is 0 Å². The molecule has 0 bridgehead atoms. The molecule has 5 atom stereocenters. The van der Waals surface area contributed by atoms with Crippen LogP contribution in [0.25, 0.3) is 0 Å². The van der Waals surface area contributed by atoms with E-state index in [-0.39, 0.29) is 28.9 Å². The molecule has 0 rings (SSSR count). The molecule has 37 heavy (non-hydrogen) atoms. The summed E-state index contributed by atoms with van der Waals surface area (Å²) in [6.07, 6.45) is 9.77. The van der Waals surface area contributed by atoms with Gasteiger partial charge in [0.1, 0.15) is 5.78 Å². The minimum atomic E-state index is -1.88. The number of carbonyl (C=O) groups is 1. The van der Waals surface area contributed by atoms with E-state index in [0.29, 0.717) is 11.8 Å². The van der Waals surface area contributed by atoms with Gasteiger partial charge in [-0.1, -0.05) is 93.5 Å². The molecule has 218 valence electrons. The normalized spacial score (nSPS) is 17.7. The summed E-state index contributed by atoms with van der Waals surface area (Å²) in [4.78, 5) is 12.3. The third kappa shape index (κ3) is 12.5. The Bertz CT molecular complexity index is 695. The van der Waals surface area contributed by atoms with Crippen LogP contribution in [0.15, 0.2) is 24.3 Å². The summed E-state index contributed by atoms with van der Waals surface area (Å²) in [7, 11) is -3.63. The molecule has 0 aliphatic carbocycles. The van der Waals surface area contributed by atoms with E-state index in [1.807, 2.05) is 6.08 Å². The molecule has 0 aliphatic heterocycles. The van der Waals surface area contributed by atoms with Crippen molar-refractivity contribution in [3.8, 4) is 0 Å². The summed E-state index contributed by atoms with van der Waals surface area (Å²) >= 11 is 0. The fourth-order valence-electron chi connectivity index (χ4n) is 5.01. The van der Waals surface area contributed by atoms with Crippen LogP contribution in [0.4, 0.5) is 0 Å². The first-order valence-electron chi connectivity index (χ1n) is 15.2. The Balaban J connectivity index is 5.42. The Kier molecular flexibility index (Phi) is 16.3. The van der Waals surface area contributed by atoms with E-state index in [0.717, 1.165) is 43.8 Å². The average molecular weight is 553 g/mol. The van der Waals surface area contributed by atoms with Gasteiger partial charge in [-0.15, -0.1) is 0 Å². The molecule has 0 fully saturated rings. The summed E-state index contributed by atoms with van der Waals surface area (Å²) in [6, 6.07) is 3.38. The molecule has 0 amide bonds. The van der Waals surface area contributed by atoms with Crippen molar-refractivity contribution in [2.45, 2.75) is 157 Å². The van der Waals surface area contributed by atoms with Gasteiger partial charge in [0.2, 0.25) is 0 Å². The lowest BCUT2D eigenvalue weighted by Crippen LogP contribution is -2.44. The first-order chi connectivity index (χ1) is 17.0. The van der Waals surface area contributed by atoms with Gasteiger partial charge in [0.25, 0.3) is 0 Å². The van der Waals surface area contributed by atoms with Gasteiger partial charge in [-0.2, -0.15) is 0 Å². The summed E-state index contributed by atoms with van der Waals surface area (Å²) < 4.78 is 13.8. The molecule has 0 N–H and O–H groups in total. The zero-order valence-corrected chi connectivity index (χ0v) is 29.1.